The first-order valence-electron chi connectivity index (χ1n) is 4.49. The van der Waals surface area contributed by atoms with Crippen LogP contribution in [0, 0.1) is 6.92 Å². The summed E-state index contributed by atoms with van der Waals surface area (Å²) in [7, 11) is -3.34. The molecule has 5 heteroatoms. The topological polar surface area (TPSA) is 54.4 Å². The van der Waals surface area contributed by atoms with Gasteiger partial charge in [0.15, 0.2) is 9.84 Å². The molecular formula is C10H13IO3S. The van der Waals surface area contributed by atoms with E-state index in [2.05, 4.69) is 0 Å². The molecule has 1 aromatic carbocycles. The maximum Gasteiger partial charge on any atom is 0.180 e. The highest BCUT2D eigenvalue weighted by molar-refractivity contribution is 14.1. The van der Waals surface area contributed by atoms with Crippen LogP contribution in [0.25, 0.3) is 0 Å². The number of aliphatic hydroxyl groups excluding tert-OH is 1. The average molecular weight is 340 g/mol. The van der Waals surface area contributed by atoms with Crippen LogP contribution < -0.4 is 0 Å². The van der Waals surface area contributed by atoms with E-state index in [4.69, 9.17) is 0 Å². The zero-order valence-electron chi connectivity index (χ0n) is 8.35. The van der Waals surface area contributed by atoms with Crippen LogP contribution in [0.5, 0.6) is 0 Å². The zero-order chi connectivity index (χ0) is 11.5. The summed E-state index contributed by atoms with van der Waals surface area (Å²) in [5.74, 6) is -0.209. The monoisotopic (exact) mass is 340 g/mol. The number of rotatable bonds is 4. The van der Waals surface area contributed by atoms with Gasteiger partial charge in [0.25, 0.3) is 0 Å². The Labute approximate surface area is 104 Å². The lowest BCUT2D eigenvalue weighted by molar-refractivity contribution is 0.225. The quantitative estimate of drug-likeness (QED) is 0.669. The van der Waals surface area contributed by atoms with Crippen molar-refractivity contribution < 1.29 is 13.5 Å². The Balaban J connectivity index is 2.91. The van der Waals surface area contributed by atoms with Crippen molar-refractivity contribution in [2.75, 3.05) is 10.2 Å². The summed E-state index contributed by atoms with van der Waals surface area (Å²) < 4.78 is 23.9. The predicted octanol–water partition coefficient (Wildman–Crippen LogP) is 1.56. The van der Waals surface area contributed by atoms with E-state index >= 15 is 0 Å². The van der Waals surface area contributed by atoms with Gasteiger partial charge in [-0.05, 0) is 19.1 Å². The van der Waals surface area contributed by atoms with Gasteiger partial charge in [-0.3, -0.25) is 0 Å². The smallest absolute Gasteiger partial charge is 0.180 e. The predicted molar refractivity (Wildman–Crippen MR) is 68.1 cm³/mol. The van der Waals surface area contributed by atoms with Crippen LogP contribution in [0.2, 0.25) is 0 Å². The van der Waals surface area contributed by atoms with Crippen molar-refractivity contribution in [1.29, 1.82) is 0 Å². The maximum absolute atomic E-state index is 11.7. The molecule has 84 valence electrons. The third-order valence-corrected chi connectivity index (χ3v) is 4.80. The van der Waals surface area contributed by atoms with Crippen molar-refractivity contribution in [3.8, 4) is 0 Å². The van der Waals surface area contributed by atoms with Crippen molar-refractivity contribution >= 4 is 32.4 Å². The van der Waals surface area contributed by atoms with E-state index in [9.17, 15) is 13.5 Å². The third-order valence-electron chi connectivity index (χ3n) is 1.97. The minimum absolute atomic E-state index is 0.209. The molecule has 15 heavy (non-hydrogen) atoms. The molecule has 0 fully saturated rings. The fourth-order valence-corrected chi connectivity index (χ4v) is 3.24. The molecule has 0 aliphatic carbocycles. The normalized spacial score (nSPS) is 13.8. The Morgan fingerprint density at radius 3 is 2.33 bits per heavy atom. The first kappa shape index (κ1) is 12.9. The van der Waals surface area contributed by atoms with Gasteiger partial charge in [-0.25, -0.2) is 8.42 Å². The zero-order valence-corrected chi connectivity index (χ0v) is 11.3. The molecule has 1 N–H and O–H groups in total. The molecule has 1 aromatic rings. The highest BCUT2D eigenvalue weighted by Crippen LogP contribution is 2.13. The number of alkyl halides is 1. The second-order valence-corrected chi connectivity index (χ2v) is 6.32. The minimum Gasteiger partial charge on any atom is -0.391 e. The van der Waals surface area contributed by atoms with E-state index in [1.807, 2.05) is 29.5 Å². The van der Waals surface area contributed by atoms with E-state index < -0.39 is 15.9 Å². The molecule has 0 aliphatic rings. The number of aliphatic hydroxyl groups is 1. The summed E-state index contributed by atoms with van der Waals surface area (Å²) >= 11 is 1.96. The Kier molecular flexibility index (Phi) is 4.54. The maximum atomic E-state index is 11.7. The van der Waals surface area contributed by atoms with E-state index in [1.54, 1.807) is 24.3 Å². The second kappa shape index (κ2) is 5.27. The van der Waals surface area contributed by atoms with Crippen molar-refractivity contribution in [2.45, 2.75) is 17.9 Å². The van der Waals surface area contributed by atoms with Gasteiger partial charge in [-0.2, -0.15) is 0 Å². The van der Waals surface area contributed by atoms with Crippen LogP contribution in [-0.2, 0) is 9.84 Å². The summed E-state index contributed by atoms with van der Waals surface area (Å²) in [4.78, 5) is 0.275. The van der Waals surface area contributed by atoms with Gasteiger partial charge >= 0.3 is 0 Å². The van der Waals surface area contributed by atoms with Gasteiger partial charge in [-0.15, -0.1) is 0 Å². The Morgan fingerprint density at radius 2 is 1.87 bits per heavy atom. The number of hydrogen-bond acceptors (Lipinski definition) is 3. The number of sulfone groups is 1. The van der Waals surface area contributed by atoms with Crippen LogP contribution in [-0.4, -0.2) is 29.8 Å². The molecule has 0 radical (unpaired) electrons. The van der Waals surface area contributed by atoms with Crippen LogP contribution in [0.3, 0.4) is 0 Å². The molecule has 0 aliphatic heterocycles. The summed E-state index contributed by atoms with van der Waals surface area (Å²) in [6.45, 7) is 1.90. The number of halogens is 1. The first-order chi connectivity index (χ1) is 6.95. The second-order valence-electron chi connectivity index (χ2n) is 3.40. The van der Waals surface area contributed by atoms with Gasteiger partial charge in [0.1, 0.15) is 0 Å². The van der Waals surface area contributed by atoms with Crippen molar-refractivity contribution in [2.24, 2.45) is 0 Å². The molecule has 0 saturated carbocycles. The summed E-state index contributed by atoms with van der Waals surface area (Å²) in [6, 6.07) is 6.65. The number of benzene rings is 1. The van der Waals surface area contributed by atoms with Gasteiger partial charge in [-0.1, -0.05) is 40.3 Å². The lowest BCUT2D eigenvalue weighted by Crippen LogP contribution is -2.22. The van der Waals surface area contributed by atoms with E-state index in [0.29, 0.717) is 4.43 Å². The highest BCUT2D eigenvalue weighted by atomic mass is 127. The molecule has 0 heterocycles. The van der Waals surface area contributed by atoms with E-state index in [0.717, 1.165) is 5.56 Å². The fourth-order valence-electron chi connectivity index (χ4n) is 1.14. The summed E-state index contributed by atoms with van der Waals surface area (Å²) in [6.07, 6.45) is -0.795. The van der Waals surface area contributed by atoms with Gasteiger partial charge in [0.05, 0.1) is 16.8 Å². The molecule has 1 atom stereocenters. The molecule has 0 spiro atoms. The van der Waals surface area contributed by atoms with Gasteiger partial charge in [0, 0.05) is 4.43 Å². The van der Waals surface area contributed by atoms with Crippen LogP contribution >= 0.6 is 22.6 Å². The molecule has 0 aromatic heterocycles. The van der Waals surface area contributed by atoms with Crippen LogP contribution in [0.1, 0.15) is 5.56 Å². The SMILES string of the molecule is Cc1ccc(S(=O)(=O)CC(O)CI)cc1. The van der Waals surface area contributed by atoms with Crippen LogP contribution in [0.4, 0.5) is 0 Å². The van der Waals surface area contributed by atoms with E-state index in [1.165, 1.54) is 0 Å². The Bertz CT molecular complexity index is 411. The number of aryl methyl sites for hydroxylation is 1. The summed E-state index contributed by atoms with van der Waals surface area (Å²) in [5, 5.41) is 9.32. The van der Waals surface area contributed by atoms with Gasteiger partial charge in [0.2, 0.25) is 0 Å². The molecule has 0 amide bonds. The molecule has 1 rings (SSSR count). The molecule has 0 saturated heterocycles. The lowest BCUT2D eigenvalue weighted by Gasteiger charge is -2.08. The van der Waals surface area contributed by atoms with Crippen LogP contribution in [0.15, 0.2) is 29.2 Å². The van der Waals surface area contributed by atoms with Crippen molar-refractivity contribution in [3.63, 3.8) is 0 Å². The Morgan fingerprint density at radius 1 is 1.33 bits per heavy atom. The van der Waals surface area contributed by atoms with Crippen molar-refractivity contribution in [1.82, 2.24) is 0 Å². The standard InChI is InChI=1S/C10H13IO3S/c1-8-2-4-10(5-3-8)15(13,14)7-9(12)6-11/h2-5,9,12H,6-7H2,1H3. The van der Waals surface area contributed by atoms with Crippen molar-refractivity contribution in [3.05, 3.63) is 29.8 Å². The third kappa shape index (κ3) is 3.73. The Hall–Kier alpha value is -0.140. The van der Waals surface area contributed by atoms with Gasteiger partial charge < -0.3 is 5.11 Å². The highest BCUT2D eigenvalue weighted by Gasteiger charge is 2.18. The molecule has 3 nitrogen and oxygen atoms in total. The van der Waals surface area contributed by atoms with E-state index in [-0.39, 0.29) is 10.6 Å². The molecule has 0 bridgehead atoms. The minimum atomic E-state index is -3.34. The lowest BCUT2D eigenvalue weighted by atomic mass is 10.2. The largest absolute Gasteiger partial charge is 0.391 e. The first-order valence-corrected chi connectivity index (χ1v) is 7.67. The molecule has 1 unspecified atom stereocenters. The molecular weight excluding hydrogens is 327 g/mol. The fraction of sp³-hybridized carbons (Fsp3) is 0.400. The summed E-state index contributed by atoms with van der Waals surface area (Å²) in [5.41, 5.74) is 1.02. The number of hydrogen-bond donors (Lipinski definition) is 1. The average Bonchev–Trinajstić information content (AvgIpc) is 2.17.